The lowest BCUT2D eigenvalue weighted by Gasteiger charge is -2.48. The molecule has 46 heavy (non-hydrogen) atoms. The summed E-state index contributed by atoms with van der Waals surface area (Å²) in [6, 6.07) is 42.9. The van der Waals surface area contributed by atoms with E-state index in [1.165, 1.54) is 20.7 Å². The van der Waals surface area contributed by atoms with E-state index in [0.29, 0.717) is 13.2 Å². The van der Waals surface area contributed by atoms with Crippen LogP contribution >= 0.6 is 0 Å². The lowest BCUT2D eigenvalue weighted by molar-refractivity contribution is -0.124. The van der Waals surface area contributed by atoms with Gasteiger partial charge in [-0.2, -0.15) is 0 Å². The minimum Gasteiger partial charge on any atom is -0.404 e. The second-order valence-electron chi connectivity index (χ2n) is 14.3. The minimum absolute atomic E-state index is 0.178. The molecule has 1 aliphatic rings. The highest BCUT2D eigenvalue weighted by molar-refractivity contribution is 7.00. The predicted molar refractivity (Wildman–Crippen MR) is 195 cm³/mol. The molecular formula is C39H49NO4Si2. The monoisotopic (exact) mass is 651 g/mol. The molecular weight excluding hydrogens is 603 g/mol. The van der Waals surface area contributed by atoms with Gasteiger partial charge in [0.05, 0.1) is 19.3 Å². The Morgan fingerprint density at radius 1 is 0.652 bits per heavy atom. The molecule has 1 aliphatic heterocycles. The Bertz CT molecular complexity index is 1460. The van der Waals surface area contributed by atoms with Gasteiger partial charge in [-0.05, 0) is 37.2 Å². The van der Waals surface area contributed by atoms with Crippen LogP contribution in [0.15, 0.2) is 126 Å². The lowest BCUT2D eigenvalue weighted by atomic mass is 9.99. The summed E-state index contributed by atoms with van der Waals surface area (Å²) < 4.78 is 22.0. The molecule has 5 rings (SSSR count). The van der Waals surface area contributed by atoms with Crippen molar-refractivity contribution in [3.05, 3.63) is 121 Å². The number of nitrogens with zero attached hydrogens (tertiary/aromatic N) is 1. The summed E-state index contributed by atoms with van der Waals surface area (Å²) in [4.78, 5) is 5.78. The summed E-state index contributed by atoms with van der Waals surface area (Å²) in [6.45, 7) is 18.4. The van der Waals surface area contributed by atoms with E-state index in [1.807, 2.05) is 0 Å². The first-order chi connectivity index (χ1) is 22.0. The van der Waals surface area contributed by atoms with Crippen molar-refractivity contribution < 1.29 is 18.4 Å². The molecule has 4 aromatic rings. The quantitative estimate of drug-likeness (QED) is 0.103. The van der Waals surface area contributed by atoms with Crippen LogP contribution in [-0.2, 0) is 18.4 Å². The Kier molecular flexibility index (Phi) is 10.2. The Balaban J connectivity index is 1.64. The molecule has 0 spiro atoms. The van der Waals surface area contributed by atoms with Gasteiger partial charge in [-0.3, -0.25) is 0 Å². The maximum Gasteiger partial charge on any atom is 0.261 e. The van der Waals surface area contributed by atoms with Crippen LogP contribution in [-0.4, -0.2) is 54.9 Å². The summed E-state index contributed by atoms with van der Waals surface area (Å²) in [7, 11) is -5.79. The molecule has 1 heterocycles. The van der Waals surface area contributed by atoms with E-state index in [0.717, 1.165) is 6.42 Å². The maximum atomic E-state index is 7.72. The molecule has 0 amide bonds. The molecule has 5 nitrogen and oxygen atoms in total. The van der Waals surface area contributed by atoms with Gasteiger partial charge >= 0.3 is 0 Å². The van der Waals surface area contributed by atoms with E-state index in [1.54, 1.807) is 0 Å². The summed E-state index contributed by atoms with van der Waals surface area (Å²) in [6.07, 6.45) is 0.411. The molecule has 0 aromatic heterocycles. The molecule has 1 saturated heterocycles. The fourth-order valence-electron chi connectivity index (χ4n) is 7.25. The summed E-state index contributed by atoms with van der Waals surface area (Å²) in [5, 5.41) is 8.33. The number of ether oxygens (including phenoxy) is 1. The van der Waals surface area contributed by atoms with E-state index in [9.17, 15) is 0 Å². The maximum absolute atomic E-state index is 7.72. The Labute approximate surface area is 277 Å². The lowest BCUT2D eigenvalue weighted by Crippen LogP contribution is -2.71. The third-order valence-electron chi connectivity index (χ3n) is 9.44. The molecule has 0 saturated carbocycles. The van der Waals surface area contributed by atoms with Crippen molar-refractivity contribution >= 4 is 44.1 Å². The third kappa shape index (κ3) is 6.31. The van der Waals surface area contributed by atoms with Crippen LogP contribution in [0.3, 0.4) is 0 Å². The standard InChI is InChI=1S/C39H49NO4Si2/c1-37(2,3)45(32-20-12-8-13-21-32,33-22-14-9-15-23-33)43-31-39(30-42-40-7)36(28-29-41-39)44-46(38(4,5)6,34-24-16-10-17-25-34)35-26-18-11-19-27-35/h8-27,36H,7,28-31H2,1-6H3/t36-,39+/m0/s1. The first kappa shape index (κ1) is 34.0. The van der Waals surface area contributed by atoms with Crippen LogP contribution in [0.25, 0.3) is 0 Å². The van der Waals surface area contributed by atoms with Crippen LogP contribution in [0.2, 0.25) is 10.1 Å². The van der Waals surface area contributed by atoms with Crippen LogP contribution in [0.5, 0.6) is 0 Å². The van der Waals surface area contributed by atoms with Crippen molar-refractivity contribution in [2.75, 3.05) is 19.8 Å². The molecule has 4 aromatic carbocycles. The van der Waals surface area contributed by atoms with Gasteiger partial charge in [0.15, 0.2) is 12.2 Å². The van der Waals surface area contributed by atoms with E-state index in [4.69, 9.17) is 18.4 Å². The van der Waals surface area contributed by atoms with Crippen LogP contribution < -0.4 is 20.7 Å². The van der Waals surface area contributed by atoms with Gasteiger partial charge < -0.3 is 18.4 Å². The third-order valence-corrected chi connectivity index (χ3v) is 19.5. The predicted octanol–water partition coefficient (Wildman–Crippen LogP) is 6.30. The molecule has 242 valence electrons. The second-order valence-corrected chi connectivity index (χ2v) is 22.9. The van der Waals surface area contributed by atoms with Crippen molar-refractivity contribution in [2.45, 2.75) is 69.7 Å². The van der Waals surface area contributed by atoms with Crippen LogP contribution in [0.1, 0.15) is 48.0 Å². The minimum atomic E-state index is -2.91. The van der Waals surface area contributed by atoms with Gasteiger partial charge in [0.1, 0.15) is 0 Å². The molecule has 0 unspecified atom stereocenters. The average Bonchev–Trinajstić information content (AvgIpc) is 3.45. The smallest absolute Gasteiger partial charge is 0.261 e. The van der Waals surface area contributed by atoms with Crippen molar-refractivity contribution in [2.24, 2.45) is 5.16 Å². The summed E-state index contributed by atoms with van der Waals surface area (Å²) >= 11 is 0. The van der Waals surface area contributed by atoms with Gasteiger partial charge in [-0.25, -0.2) is 0 Å². The molecule has 0 aliphatic carbocycles. The highest BCUT2D eigenvalue weighted by Gasteiger charge is 2.58. The number of benzene rings is 4. The Morgan fingerprint density at radius 3 is 1.41 bits per heavy atom. The second kappa shape index (κ2) is 13.8. The van der Waals surface area contributed by atoms with E-state index >= 15 is 0 Å². The van der Waals surface area contributed by atoms with Gasteiger partial charge in [-0.1, -0.05) is 163 Å². The number of hydrogen-bond donors (Lipinski definition) is 0. The Morgan fingerprint density at radius 2 is 1.04 bits per heavy atom. The zero-order valence-electron chi connectivity index (χ0n) is 28.2. The fraction of sp³-hybridized carbons (Fsp3) is 0.359. The van der Waals surface area contributed by atoms with Crippen molar-refractivity contribution in [1.82, 2.24) is 0 Å². The molecule has 7 heteroatoms. The van der Waals surface area contributed by atoms with Gasteiger partial charge in [0.25, 0.3) is 16.6 Å². The largest absolute Gasteiger partial charge is 0.404 e. The highest BCUT2D eigenvalue weighted by atomic mass is 28.4. The van der Waals surface area contributed by atoms with Crippen molar-refractivity contribution in [3.8, 4) is 0 Å². The zero-order chi connectivity index (χ0) is 32.9. The number of oxime groups is 1. The normalized spacial score (nSPS) is 19.1. The topological polar surface area (TPSA) is 49.3 Å². The first-order valence-corrected chi connectivity index (χ1v) is 20.1. The fourth-order valence-corrected chi connectivity index (χ4v) is 16.6. The van der Waals surface area contributed by atoms with Crippen molar-refractivity contribution in [3.63, 3.8) is 0 Å². The number of rotatable bonds is 12. The van der Waals surface area contributed by atoms with E-state index in [-0.39, 0.29) is 22.8 Å². The molecule has 0 radical (unpaired) electrons. The average molecular weight is 652 g/mol. The van der Waals surface area contributed by atoms with Gasteiger partial charge in [-0.15, -0.1) is 5.16 Å². The van der Waals surface area contributed by atoms with Crippen LogP contribution in [0, 0.1) is 0 Å². The molecule has 0 N–H and O–H groups in total. The first-order valence-electron chi connectivity index (χ1n) is 16.3. The molecule has 1 fully saturated rings. The molecule has 2 atom stereocenters. The SMILES string of the molecule is C=NOC[C@]1(CO[Si](c2ccccc2)(c2ccccc2)C(C)(C)C)OCC[C@@H]1O[Si](c1ccccc1)(c1ccccc1)C(C)(C)C. The van der Waals surface area contributed by atoms with E-state index in [2.05, 4.69) is 175 Å². The molecule has 0 bridgehead atoms. The summed E-state index contributed by atoms with van der Waals surface area (Å²) in [5.74, 6) is 0. The zero-order valence-corrected chi connectivity index (χ0v) is 30.2. The van der Waals surface area contributed by atoms with Gasteiger partial charge in [0, 0.05) is 6.72 Å². The van der Waals surface area contributed by atoms with Crippen LogP contribution in [0.4, 0.5) is 0 Å². The van der Waals surface area contributed by atoms with Gasteiger partial charge in [0.2, 0.25) is 0 Å². The van der Waals surface area contributed by atoms with Crippen molar-refractivity contribution in [1.29, 1.82) is 0 Å². The summed E-state index contributed by atoms with van der Waals surface area (Å²) in [5.41, 5.74) is -0.901. The number of hydrogen-bond acceptors (Lipinski definition) is 5. The highest BCUT2D eigenvalue weighted by Crippen LogP contribution is 2.43. The Hall–Kier alpha value is -3.34. The van der Waals surface area contributed by atoms with E-state index < -0.39 is 22.2 Å².